The maximum atomic E-state index is 13.6. The van der Waals surface area contributed by atoms with Gasteiger partial charge in [-0.15, -0.1) is 11.8 Å². The summed E-state index contributed by atoms with van der Waals surface area (Å²) in [5, 5.41) is 3.63. The van der Waals surface area contributed by atoms with E-state index in [0.29, 0.717) is 30.2 Å². The smallest absolute Gasteiger partial charge is 0.243 e. The predicted molar refractivity (Wildman–Crippen MR) is 146 cm³/mol. The Morgan fingerprint density at radius 3 is 2.29 bits per heavy atom. The summed E-state index contributed by atoms with van der Waals surface area (Å²) in [5.74, 6) is 0.437. The molecule has 0 bridgehead atoms. The number of rotatable bonds is 11. The number of thioether (sulfide) groups is 1. The number of carbonyl (C=O) groups excluding carboxylic acids is 2. The number of nitrogens with zero attached hydrogens (tertiary/aromatic N) is 1. The molecule has 1 N–H and O–H groups in total. The van der Waals surface area contributed by atoms with Crippen LogP contribution in [0.3, 0.4) is 0 Å². The minimum Gasteiger partial charge on any atom is -0.352 e. The van der Waals surface area contributed by atoms with Crippen molar-refractivity contribution >= 4 is 35.2 Å². The van der Waals surface area contributed by atoms with Crippen LogP contribution in [0.2, 0.25) is 5.02 Å². The van der Waals surface area contributed by atoms with Crippen molar-refractivity contribution in [2.45, 2.75) is 57.1 Å². The van der Waals surface area contributed by atoms with Gasteiger partial charge in [-0.2, -0.15) is 0 Å². The Hall–Kier alpha value is -2.76. The largest absolute Gasteiger partial charge is 0.352 e. The molecule has 0 fully saturated rings. The maximum absolute atomic E-state index is 13.6. The van der Waals surface area contributed by atoms with E-state index in [1.54, 1.807) is 16.7 Å². The molecule has 4 nitrogen and oxygen atoms in total. The van der Waals surface area contributed by atoms with Gasteiger partial charge >= 0.3 is 0 Å². The van der Waals surface area contributed by atoms with Crippen molar-refractivity contribution in [1.82, 2.24) is 10.2 Å². The van der Waals surface area contributed by atoms with Crippen LogP contribution in [0.1, 0.15) is 37.0 Å². The second-order valence-corrected chi connectivity index (χ2v) is 10.5. The Bertz CT molecular complexity index is 1100. The van der Waals surface area contributed by atoms with E-state index < -0.39 is 6.04 Å². The molecule has 0 saturated carbocycles. The lowest BCUT2D eigenvalue weighted by molar-refractivity contribution is -0.141. The Morgan fingerprint density at radius 2 is 1.63 bits per heavy atom. The second kappa shape index (κ2) is 13.4. The quantitative estimate of drug-likeness (QED) is 0.309. The van der Waals surface area contributed by atoms with Crippen molar-refractivity contribution < 1.29 is 9.59 Å². The molecule has 0 spiro atoms. The summed E-state index contributed by atoms with van der Waals surface area (Å²) in [6.07, 6.45) is 0.774. The van der Waals surface area contributed by atoms with Gasteiger partial charge in [-0.1, -0.05) is 71.8 Å². The van der Waals surface area contributed by atoms with E-state index in [1.807, 2.05) is 68.4 Å². The topological polar surface area (TPSA) is 49.4 Å². The molecule has 0 heterocycles. The monoisotopic (exact) mass is 508 g/mol. The van der Waals surface area contributed by atoms with Crippen LogP contribution in [0.4, 0.5) is 0 Å². The van der Waals surface area contributed by atoms with Gasteiger partial charge in [0.15, 0.2) is 0 Å². The zero-order valence-electron chi connectivity index (χ0n) is 20.5. The molecule has 6 heteroatoms. The van der Waals surface area contributed by atoms with Crippen LogP contribution in [0, 0.1) is 6.92 Å². The third-order valence-corrected chi connectivity index (χ3v) is 6.80. The lowest BCUT2D eigenvalue weighted by atomic mass is 10.0. The van der Waals surface area contributed by atoms with Gasteiger partial charge in [-0.05, 0) is 56.2 Å². The zero-order chi connectivity index (χ0) is 25.2. The van der Waals surface area contributed by atoms with Crippen molar-refractivity contribution in [2.24, 2.45) is 0 Å². The van der Waals surface area contributed by atoms with Gasteiger partial charge in [0.1, 0.15) is 6.04 Å². The third-order valence-electron chi connectivity index (χ3n) is 5.55. The third kappa shape index (κ3) is 8.75. The Kier molecular flexibility index (Phi) is 10.2. The number of hydrogen-bond acceptors (Lipinski definition) is 3. The lowest BCUT2D eigenvalue weighted by Crippen LogP contribution is -2.51. The average molecular weight is 509 g/mol. The minimum absolute atomic E-state index is 0.0269. The average Bonchev–Trinajstić information content (AvgIpc) is 2.82. The van der Waals surface area contributed by atoms with E-state index in [1.165, 1.54) is 5.56 Å². The first-order valence-electron chi connectivity index (χ1n) is 11.9. The minimum atomic E-state index is -0.629. The van der Waals surface area contributed by atoms with E-state index in [4.69, 9.17) is 11.6 Å². The number of aryl methyl sites for hydroxylation is 1. The molecule has 3 aromatic rings. The van der Waals surface area contributed by atoms with Gasteiger partial charge in [0.2, 0.25) is 11.8 Å². The second-order valence-electron chi connectivity index (χ2n) is 8.93. The lowest BCUT2D eigenvalue weighted by Gasteiger charge is -2.32. The SMILES string of the molecule is Cc1ccc(SCCC(=O)N(Cc2cccc(Cl)c2)C(Cc2ccccc2)C(=O)NC(C)C)cc1. The van der Waals surface area contributed by atoms with Gasteiger partial charge < -0.3 is 10.2 Å². The summed E-state index contributed by atoms with van der Waals surface area (Å²) in [4.78, 5) is 29.8. The Balaban J connectivity index is 1.84. The molecule has 0 aliphatic rings. The molecule has 2 amide bonds. The van der Waals surface area contributed by atoms with Crippen LogP contribution in [-0.4, -0.2) is 34.6 Å². The summed E-state index contributed by atoms with van der Waals surface area (Å²) < 4.78 is 0. The highest BCUT2D eigenvalue weighted by Gasteiger charge is 2.30. The molecule has 0 saturated heterocycles. The van der Waals surface area contributed by atoms with Crippen molar-refractivity contribution in [2.75, 3.05) is 5.75 Å². The van der Waals surface area contributed by atoms with Gasteiger partial charge in [0, 0.05) is 41.1 Å². The maximum Gasteiger partial charge on any atom is 0.243 e. The number of benzene rings is 3. The first-order valence-corrected chi connectivity index (χ1v) is 13.3. The molecule has 0 aliphatic carbocycles. The highest BCUT2D eigenvalue weighted by Crippen LogP contribution is 2.22. The van der Waals surface area contributed by atoms with E-state index in [9.17, 15) is 9.59 Å². The van der Waals surface area contributed by atoms with Gasteiger partial charge in [0.25, 0.3) is 0 Å². The van der Waals surface area contributed by atoms with Crippen LogP contribution in [0.25, 0.3) is 0 Å². The van der Waals surface area contributed by atoms with Crippen molar-refractivity contribution in [1.29, 1.82) is 0 Å². The molecule has 3 rings (SSSR count). The molecule has 0 aliphatic heterocycles. The molecule has 1 unspecified atom stereocenters. The van der Waals surface area contributed by atoms with Crippen LogP contribution in [0.5, 0.6) is 0 Å². The van der Waals surface area contributed by atoms with Crippen LogP contribution in [-0.2, 0) is 22.6 Å². The Labute approximate surface area is 218 Å². The first kappa shape index (κ1) is 26.8. The normalized spacial score (nSPS) is 11.8. The molecule has 35 heavy (non-hydrogen) atoms. The van der Waals surface area contributed by atoms with Gasteiger partial charge in [0.05, 0.1) is 0 Å². The zero-order valence-corrected chi connectivity index (χ0v) is 22.1. The summed E-state index contributed by atoms with van der Waals surface area (Å²) in [5.41, 5.74) is 3.11. The fourth-order valence-electron chi connectivity index (χ4n) is 3.80. The fraction of sp³-hybridized carbons (Fsp3) is 0.310. The molecular weight excluding hydrogens is 476 g/mol. The van der Waals surface area contributed by atoms with E-state index >= 15 is 0 Å². The summed E-state index contributed by atoms with van der Waals surface area (Å²) >= 11 is 7.87. The van der Waals surface area contributed by atoms with E-state index in [2.05, 4.69) is 36.5 Å². The molecule has 0 radical (unpaired) electrons. The van der Waals surface area contributed by atoms with Crippen LogP contribution in [0.15, 0.2) is 83.8 Å². The standard InChI is InChI=1S/C29H33ClN2O2S/c1-21(2)31-29(34)27(19-23-8-5-4-6-9-23)32(20-24-10-7-11-25(30)18-24)28(33)16-17-35-26-14-12-22(3)13-15-26/h4-15,18,21,27H,16-17,19-20H2,1-3H3,(H,31,34). The van der Waals surface area contributed by atoms with Gasteiger partial charge in [-0.25, -0.2) is 0 Å². The molecular formula is C29H33ClN2O2S. The summed E-state index contributed by atoms with van der Waals surface area (Å²) in [6, 6.07) is 24.9. The molecule has 0 aromatic heterocycles. The van der Waals surface area contributed by atoms with Gasteiger partial charge in [-0.3, -0.25) is 9.59 Å². The van der Waals surface area contributed by atoms with E-state index in [0.717, 1.165) is 16.0 Å². The number of nitrogens with one attached hydrogen (secondary N) is 1. The van der Waals surface area contributed by atoms with Crippen molar-refractivity contribution in [3.05, 3.63) is 101 Å². The van der Waals surface area contributed by atoms with Crippen molar-refractivity contribution in [3.63, 3.8) is 0 Å². The van der Waals surface area contributed by atoms with Crippen LogP contribution < -0.4 is 5.32 Å². The number of hydrogen-bond donors (Lipinski definition) is 1. The number of carbonyl (C=O) groups is 2. The highest BCUT2D eigenvalue weighted by atomic mass is 35.5. The highest BCUT2D eigenvalue weighted by molar-refractivity contribution is 7.99. The number of halogens is 1. The summed E-state index contributed by atoms with van der Waals surface area (Å²) in [7, 11) is 0. The van der Waals surface area contributed by atoms with E-state index in [-0.39, 0.29) is 17.9 Å². The molecule has 1 atom stereocenters. The summed E-state index contributed by atoms with van der Waals surface area (Å²) in [6.45, 7) is 6.23. The molecule has 3 aromatic carbocycles. The molecule has 184 valence electrons. The van der Waals surface area contributed by atoms with Crippen LogP contribution >= 0.6 is 23.4 Å². The predicted octanol–water partition coefficient (Wildman–Crippen LogP) is 6.30. The fourth-order valence-corrected chi connectivity index (χ4v) is 4.85. The Morgan fingerprint density at radius 1 is 0.943 bits per heavy atom. The first-order chi connectivity index (χ1) is 16.8. The van der Waals surface area contributed by atoms with Crippen molar-refractivity contribution in [3.8, 4) is 0 Å². The number of amides is 2.